The molecule has 3 rings (SSSR count). The molecule has 1 aliphatic heterocycles. The Hall–Kier alpha value is -1.87. The first-order chi connectivity index (χ1) is 9.72. The van der Waals surface area contributed by atoms with Gasteiger partial charge in [-0.1, -0.05) is 30.3 Å². The third kappa shape index (κ3) is 2.08. The van der Waals surface area contributed by atoms with E-state index in [9.17, 15) is 4.39 Å². The molecule has 2 aromatic rings. The normalized spacial score (nSPS) is 17.4. The number of fused-ring (bicyclic) bond motifs is 1. The number of nitrogens with one attached hydrogen (secondary N) is 1. The van der Waals surface area contributed by atoms with Crippen LogP contribution in [0.4, 0.5) is 15.8 Å². The van der Waals surface area contributed by atoms with Gasteiger partial charge in [0.1, 0.15) is 5.82 Å². The predicted molar refractivity (Wildman–Crippen MR) is 80.9 cm³/mol. The number of para-hydroxylation sites is 2. The van der Waals surface area contributed by atoms with Crippen molar-refractivity contribution in [3.63, 3.8) is 0 Å². The molecule has 2 aromatic carbocycles. The topological polar surface area (TPSA) is 15.3 Å². The first kappa shape index (κ1) is 13.1. The van der Waals surface area contributed by atoms with Gasteiger partial charge in [0.2, 0.25) is 0 Å². The van der Waals surface area contributed by atoms with Crippen LogP contribution in [0.25, 0.3) is 0 Å². The highest BCUT2D eigenvalue weighted by atomic mass is 19.1. The van der Waals surface area contributed by atoms with Crippen LogP contribution < -0.4 is 10.2 Å². The lowest BCUT2D eigenvalue weighted by molar-refractivity contribution is 0.613. The highest BCUT2D eigenvalue weighted by molar-refractivity contribution is 5.73. The molecule has 2 nitrogen and oxygen atoms in total. The SMILES string of the molecule is CNCc1cccc(F)c1N1c2ccccc2CC1C. The number of rotatable bonds is 3. The molecule has 0 amide bonds. The number of hydrogen-bond acceptors (Lipinski definition) is 2. The smallest absolute Gasteiger partial charge is 0.147 e. The third-order valence-electron chi connectivity index (χ3n) is 3.89. The predicted octanol–water partition coefficient (Wildman–Crippen LogP) is 3.63. The van der Waals surface area contributed by atoms with Gasteiger partial charge in [0.05, 0.1) is 5.69 Å². The van der Waals surface area contributed by atoms with Crippen LogP contribution in [0.2, 0.25) is 0 Å². The lowest BCUT2D eigenvalue weighted by atomic mass is 10.1. The lowest BCUT2D eigenvalue weighted by Crippen LogP contribution is -2.26. The number of benzene rings is 2. The van der Waals surface area contributed by atoms with Gasteiger partial charge >= 0.3 is 0 Å². The van der Waals surface area contributed by atoms with Crippen molar-refractivity contribution >= 4 is 11.4 Å². The second-order valence-corrected chi connectivity index (χ2v) is 5.33. The number of anilines is 2. The van der Waals surface area contributed by atoms with Gasteiger partial charge in [-0.05, 0) is 43.7 Å². The van der Waals surface area contributed by atoms with Crippen LogP contribution in [-0.4, -0.2) is 13.1 Å². The Morgan fingerprint density at radius 2 is 2.00 bits per heavy atom. The summed E-state index contributed by atoms with van der Waals surface area (Å²) in [6.07, 6.45) is 0.962. The minimum atomic E-state index is -0.152. The maximum atomic E-state index is 14.4. The van der Waals surface area contributed by atoms with E-state index in [-0.39, 0.29) is 11.9 Å². The van der Waals surface area contributed by atoms with Gasteiger partial charge < -0.3 is 10.2 Å². The lowest BCUT2D eigenvalue weighted by Gasteiger charge is -2.28. The Kier molecular flexibility index (Phi) is 3.45. The summed E-state index contributed by atoms with van der Waals surface area (Å²) >= 11 is 0. The molecule has 0 radical (unpaired) electrons. The Labute approximate surface area is 119 Å². The van der Waals surface area contributed by atoms with Gasteiger partial charge in [-0.25, -0.2) is 4.39 Å². The third-order valence-corrected chi connectivity index (χ3v) is 3.89. The van der Waals surface area contributed by atoms with E-state index in [0.29, 0.717) is 12.2 Å². The maximum Gasteiger partial charge on any atom is 0.147 e. The number of halogens is 1. The van der Waals surface area contributed by atoms with Crippen molar-refractivity contribution in [2.45, 2.75) is 25.9 Å². The highest BCUT2D eigenvalue weighted by Gasteiger charge is 2.29. The highest BCUT2D eigenvalue weighted by Crippen LogP contribution is 2.40. The molecule has 0 spiro atoms. The summed E-state index contributed by atoms with van der Waals surface area (Å²) in [6, 6.07) is 13.9. The van der Waals surface area contributed by atoms with Gasteiger partial charge in [-0.2, -0.15) is 0 Å². The van der Waals surface area contributed by atoms with E-state index in [0.717, 1.165) is 17.7 Å². The molecule has 0 fully saturated rings. The van der Waals surface area contributed by atoms with Crippen molar-refractivity contribution in [3.05, 3.63) is 59.4 Å². The molecule has 20 heavy (non-hydrogen) atoms. The Morgan fingerprint density at radius 1 is 1.20 bits per heavy atom. The van der Waals surface area contributed by atoms with Gasteiger partial charge in [0.15, 0.2) is 0 Å². The van der Waals surface area contributed by atoms with Crippen molar-refractivity contribution in [3.8, 4) is 0 Å². The molecular formula is C17H19FN2. The first-order valence-corrected chi connectivity index (χ1v) is 7.01. The van der Waals surface area contributed by atoms with Crippen LogP contribution in [0.5, 0.6) is 0 Å². The molecule has 3 heteroatoms. The quantitative estimate of drug-likeness (QED) is 0.916. The van der Waals surface area contributed by atoms with Crippen LogP contribution in [-0.2, 0) is 13.0 Å². The Morgan fingerprint density at radius 3 is 2.80 bits per heavy atom. The van der Waals surface area contributed by atoms with Gasteiger partial charge in [-0.15, -0.1) is 0 Å². The first-order valence-electron chi connectivity index (χ1n) is 7.01. The van der Waals surface area contributed by atoms with E-state index in [1.165, 1.54) is 5.56 Å². The summed E-state index contributed by atoms with van der Waals surface area (Å²) in [4.78, 5) is 2.14. The summed E-state index contributed by atoms with van der Waals surface area (Å²) < 4.78 is 14.4. The molecule has 1 N–H and O–H groups in total. The van der Waals surface area contributed by atoms with Gasteiger partial charge in [0.25, 0.3) is 0 Å². The molecule has 0 aliphatic carbocycles. The zero-order valence-corrected chi connectivity index (χ0v) is 11.9. The van der Waals surface area contributed by atoms with E-state index in [4.69, 9.17) is 0 Å². The monoisotopic (exact) mass is 270 g/mol. The van der Waals surface area contributed by atoms with E-state index >= 15 is 0 Å². The summed E-state index contributed by atoms with van der Waals surface area (Å²) in [5, 5.41) is 3.12. The van der Waals surface area contributed by atoms with E-state index in [1.54, 1.807) is 12.1 Å². The molecule has 1 aliphatic rings. The van der Waals surface area contributed by atoms with Crippen LogP contribution >= 0.6 is 0 Å². The van der Waals surface area contributed by atoms with E-state index in [1.807, 2.05) is 25.2 Å². The zero-order valence-electron chi connectivity index (χ0n) is 11.9. The van der Waals surface area contributed by atoms with Crippen LogP contribution in [0, 0.1) is 5.82 Å². The fourth-order valence-corrected chi connectivity index (χ4v) is 3.07. The molecule has 0 bridgehead atoms. The second-order valence-electron chi connectivity index (χ2n) is 5.33. The van der Waals surface area contributed by atoms with Crippen molar-refractivity contribution < 1.29 is 4.39 Å². The van der Waals surface area contributed by atoms with Crippen LogP contribution in [0.3, 0.4) is 0 Å². The minimum Gasteiger partial charge on any atom is -0.335 e. The molecule has 1 atom stereocenters. The van der Waals surface area contributed by atoms with Crippen molar-refractivity contribution in [1.29, 1.82) is 0 Å². The molecule has 0 aromatic heterocycles. The van der Waals surface area contributed by atoms with Crippen molar-refractivity contribution in [2.75, 3.05) is 11.9 Å². The van der Waals surface area contributed by atoms with Crippen molar-refractivity contribution in [2.24, 2.45) is 0 Å². The average molecular weight is 270 g/mol. The molecular weight excluding hydrogens is 251 g/mol. The van der Waals surface area contributed by atoms with Crippen molar-refractivity contribution in [1.82, 2.24) is 5.32 Å². The Bertz CT molecular complexity index is 624. The number of hydrogen-bond donors (Lipinski definition) is 1. The molecule has 1 unspecified atom stereocenters. The fourth-order valence-electron chi connectivity index (χ4n) is 3.07. The maximum absolute atomic E-state index is 14.4. The summed E-state index contributed by atoms with van der Waals surface area (Å²) in [6.45, 7) is 2.81. The largest absolute Gasteiger partial charge is 0.335 e. The summed E-state index contributed by atoms with van der Waals surface area (Å²) in [5.41, 5.74) is 4.12. The van der Waals surface area contributed by atoms with Crippen LogP contribution in [0.15, 0.2) is 42.5 Å². The number of nitrogens with zero attached hydrogens (tertiary/aromatic N) is 1. The standard InChI is InChI=1S/C17H19FN2/c1-12-10-13-6-3-4-9-16(13)20(12)17-14(11-19-2)7-5-8-15(17)18/h3-9,12,19H,10-11H2,1-2H3. The van der Waals surface area contributed by atoms with E-state index < -0.39 is 0 Å². The summed E-state index contributed by atoms with van der Waals surface area (Å²) in [7, 11) is 1.88. The summed E-state index contributed by atoms with van der Waals surface area (Å²) in [5.74, 6) is -0.152. The van der Waals surface area contributed by atoms with E-state index in [2.05, 4.69) is 29.3 Å². The Balaban J connectivity index is 2.14. The molecule has 0 saturated heterocycles. The van der Waals surface area contributed by atoms with Gasteiger partial charge in [0, 0.05) is 18.3 Å². The van der Waals surface area contributed by atoms with Gasteiger partial charge in [-0.3, -0.25) is 0 Å². The molecule has 0 saturated carbocycles. The zero-order chi connectivity index (χ0) is 14.1. The fraction of sp³-hybridized carbons (Fsp3) is 0.294. The molecule has 104 valence electrons. The minimum absolute atomic E-state index is 0.152. The average Bonchev–Trinajstić information content (AvgIpc) is 2.76. The van der Waals surface area contributed by atoms with Crippen LogP contribution in [0.1, 0.15) is 18.1 Å². The molecule has 1 heterocycles. The second kappa shape index (κ2) is 5.25.